The lowest BCUT2D eigenvalue weighted by molar-refractivity contribution is 0.0965. The standard InChI is InChI=1S/C20H26Cl2N12O2/c21-10-5-9(11(23)6-12(10)24)17(35)33-19(27)29-7-1-3-8(4-2-7)30-20(28)34-18(36)13-15(25)32-16(26)14(22)31-13/h5-8H,1-4,23-24H2,(H4,25,26,32)(H3,27,29,33,35)(H3,28,30,34,36). The Balaban J connectivity index is 1.53. The fourth-order valence-corrected chi connectivity index (χ4v) is 3.84. The van der Waals surface area contributed by atoms with Gasteiger partial charge in [-0.1, -0.05) is 23.2 Å². The summed E-state index contributed by atoms with van der Waals surface area (Å²) < 4.78 is 0. The van der Waals surface area contributed by atoms with Crippen LogP contribution in [0.15, 0.2) is 22.1 Å². The lowest BCUT2D eigenvalue weighted by Gasteiger charge is -2.24. The number of benzene rings is 1. The van der Waals surface area contributed by atoms with Crippen molar-refractivity contribution in [3.8, 4) is 0 Å². The number of carbonyl (C=O) groups excluding carboxylic acids is 2. The van der Waals surface area contributed by atoms with Gasteiger partial charge in [0.25, 0.3) is 11.8 Å². The number of nitrogens with one attached hydrogen (secondary N) is 2. The van der Waals surface area contributed by atoms with Crippen LogP contribution in [0.2, 0.25) is 10.2 Å². The van der Waals surface area contributed by atoms with Gasteiger partial charge in [-0.15, -0.1) is 0 Å². The second-order valence-corrected chi connectivity index (χ2v) is 8.76. The van der Waals surface area contributed by atoms with E-state index in [9.17, 15) is 9.59 Å². The summed E-state index contributed by atoms with van der Waals surface area (Å²) >= 11 is 11.8. The monoisotopic (exact) mass is 536 g/mol. The number of hydrogen-bond acceptors (Lipinski definition) is 10. The molecular formula is C20H26Cl2N12O2. The molecule has 2 aromatic rings. The van der Waals surface area contributed by atoms with Crippen LogP contribution in [0, 0.1) is 0 Å². The smallest absolute Gasteiger partial charge is 0.280 e. The van der Waals surface area contributed by atoms with Gasteiger partial charge in [-0.05, 0) is 37.8 Å². The Hall–Kier alpha value is -4.04. The molecule has 1 aliphatic carbocycles. The van der Waals surface area contributed by atoms with Gasteiger partial charge in [-0.2, -0.15) is 0 Å². The van der Waals surface area contributed by atoms with Crippen LogP contribution in [0.1, 0.15) is 46.5 Å². The second-order valence-electron chi connectivity index (χ2n) is 7.99. The Morgan fingerprint density at radius 3 is 1.89 bits per heavy atom. The minimum absolute atomic E-state index is 0.0491. The zero-order valence-corrected chi connectivity index (χ0v) is 20.5. The molecule has 0 radical (unpaired) electrons. The quantitative estimate of drug-likeness (QED) is 0.149. The fourth-order valence-electron chi connectivity index (χ4n) is 3.55. The van der Waals surface area contributed by atoms with Gasteiger partial charge in [-0.25, -0.2) is 20.0 Å². The molecule has 1 aromatic heterocycles. The number of hydrogen-bond donors (Lipinski definition) is 8. The molecule has 1 aromatic carbocycles. The highest BCUT2D eigenvalue weighted by atomic mass is 35.5. The highest BCUT2D eigenvalue weighted by Crippen LogP contribution is 2.26. The largest absolute Gasteiger partial charge is 0.398 e. The third-order valence-electron chi connectivity index (χ3n) is 5.33. The van der Waals surface area contributed by atoms with E-state index in [0.717, 1.165) is 0 Å². The predicted octanol–water partition coefficient (Wildman–Crippen LogP) is 0.213. The Kier molecular flexibility index (Phi) is 8.22. The molecule has 2 amide bonds. The first kappa shape index (κ1) is 26.6. The van der Waals surface area contributed by atoms with Gasteiger partial charge in [0, 0.05) is 5.69 Å². The number of guanidine groups is 2. The molecule has 0 bridgehead atoms. The summed E-state index contributed by atoms with van der Waals surface area (Å²) in [7, 11) is 0. The topological polar surface area (TPSA) is 265 Å². The highest BCUT2D eigenvalue weighted by molar-refractivity contribution is 6.33. The number of rotatable bonds is 4. The molecule has 0 atom stereocenters. The first-order chi connectivity index (χ1) is 16.9. The van der Waals surface area contributed by atoms with Crippen molar-refractivity contribution in [2.45, 2.75) is 37.8 Å². The maximum absolute atomic E-state index is 12.5. The molecule has 1 heterocycles. The second kappa shape index (κ2) is 11.1. The summed E-state index contributed by atoms with van der Waals surface area (Å²) in [6.07, 6.45) is 2.52. The average molecular weight is 537 g/mol. The van der Waals surface area contributed by atoms with E-state index in [-0.39, 0.29) is 68.4 Å². The molecule has 14 N–H and O–H groups in total. The number of halogens is 2. The Morgan fingerprint density at radius 2 is 1.33 bits per heavy atom. The van der Waals surface area contributed by atoms with Gasteiger partial charge in [-0.3, -0.25) is 20.2 Å². The van der Waals surface area contributed by atoms with Crippen LogP contribution in [0.25, 0.3) is 0 Å². The first-order valence-corrected chi connectivity index (χ1v) is 11.4. The number of nitrogens with two attached hydrogens (primary N) is 6. The van der Waals surface area contributed by atoms with Crippen LogP contribution < -0.4 is 45.0 Å². The van der Waals surface area contributed by atoms with E-state index in [0.29, 0.717) is 25.7 Å². The zero-order valence-electron chi connectivity index (χ0n) is 19.0. The van der Waals surface area contributed by atoms with E-state index in [1.807, 2.05) is 0 Å². The van der Waals surface area contributed by atoms with Crippen molar-refractivity contribution in [1.82, 2.24) is 20.6 Å². The van der Waals surface area contributed by atoms with Crippen LogP contribution in [-0.2, 0) is 0 Å². The Morgan fingerprint density at radius 1 is 0.806 bits per heavy atom. The number of amides is 2. The number of carbonyl (C=O) groups is 2. The summed E-state index contributed by atoms with van der Waals surface area (Å²) in [6.45, 7) is 0. The highest BCUT2D eigenvalue weighted by Gasteiger charge is 2.23. The van der Waals surface area contributed by atoms with Crippen LogP contribution in [0.5, 0.6) is 0 Å². The number of nitrogen functional groups attached to an aromatic ring is 4. The van der Waals surface area contributed by atoms with Gasteiger partial charge in [0.2, 0.25) is 0 Å². The summed E-state index contributed by atoms with van der Waals surface area (Å²) in [6, 6.07) is 2.48. The van der Waals surface area contributed by atoms with Crippen molar-refractivity contribution in [2.75, 3.05) is 22.9 Å². The molecule has 16 heteroatoms. The van der Waals surface area contributed by atoms with Crippen molar-refractivity contribution in [2.24, 2.45) is 21.5 Å². The van der Waals surface area contributed by atoms with Gasteiger partial charge in [0.1, 0.15) is 0 Å². The Bertz CT molecular complexity index is 1150. The number of aliphatic imine (C=N–C) groups is 2. The SMILES string of the molecule is NC(=NC1CCC(N=C(N)NC(=O)c2nc(Cl)c(N)nc2N)CC1)NC(=O)c1cc(Cl)c(N)cc1N. The van der Waals surface area contributed by atoms with Crippen LogP contribution in [0.4, 0.5) is 23.0 Å². The maximum Gasteiger partial charge on any atom is 0.280 e. The number of nitrogens with zero attached hydrogens (tertiary/aromatic N) is 4. The number of anilines is 4. The van der Waals surface area contributed by atoms with Crippen molar-refractivity contribution < 1.29 is 9.59 Å². The molecule has 0 aliphatic heterocycles. The summed E-state index contributed by atoms with van der Waals surface area (Å²) in [5.41, 5.74) is 34.8. The van der Waals surface area contributed by atoms with E-state index in [1.165, 1.54) is 12.1 Å². The molecule has 36 heavy (non-hydrogen) atoms. The third-order valence-corrected chi connectivity index (χ3v) is 5.93. The van der Waals surface area contributed by atoms with Crippen LogP contribution >= 0.6 is 23.2 Å². The molecule has 1 fully saturated rings. The summed E-state index contributed by atoms with van der Waals surface area (Å²) in [5, 5.41) is 4.96. The minimum atomic E-state index is -0.715. The van der Waals surface area contributed by atoms with E-state index in [2.05, 4.69) is 30.6 Å². The lowest BCUT2D eigenvalue weighted by atomic mass is 9.92. The molecule has 1 aliphatic rings. The zero-order chi connectivity index (χ0) is 26.6. The third kappa shape index (κ3) is 6.55. The summed E-state index contributed by atoms with van der Waals surface area (Å²) in [4.78, 5) is 41.1. The molecule has 0 saturated heterocycles. The summed E-state index contributed by atoms with van der Waals surface area (Å²) in [5.74, 6) is -1.70. The van der Waals surface area contributed by atoms with Gasteiger partial charge >= 0.3 is 0 Å². The molecular weight excluding hydrogens is 511 g/mol. The first-order valence-electron chi connectivity index (χ1n) is 10.7. The molecule has 192 valence electrons. The van der Waals surface area contributed by atoms with Crippen LogP contribution in [-0.4, -0.2) is 45.8 Å². The van der Waals surface area contributed by atoms with Gasteiger partial charge < -0.3 is 34.4 Å². The lowest BCUT2D eigenvalue weighted by Crippen LogP contribution is -2.40. The minimum Gasteiger partial charge on any atom is -0.398 e. The molecule has 1 saturated carbocycles. The molecule has 0 spiro atoms. The van der Waals surface area contributed by atoms with Gasteiger partial charge in [0.05, 0.1) is 28.4 Å². The number of aromatic nitrogens is 2. The van der Waals surface area contributed by atoms with Crippen molar-refractivity contribution >= 4 is 69.9 Å². The van der Waals surface area contributed by atoms with E-state index < -0.39 is 11.8 Å². The van der Waals surface area contributed by atoms with Crippen LogP contribution in [0.3, 0.4) is 0 Å². The molecule has 14 nitrogen and oxygen atoms in total. The fraction of sp³-hybridized carbons (Fsp3) is 0.300. The van der Waals surface area contributed by atoms with Crippen molar-refractivity contribution in [3.63, 3.8) is 0 Å². The van der Waals surface area contributed by atoms with Crippen molar-refractivity contribution in [3.05, 3.63) is 33.6 Å². The molecule has 0 unspecified atom stereocenters. The van der Waals surface area contributed by atoms with E-state index in [4.69, 9.17) is 57.6 Å². The average Bonchev–Trinajstić information content (AvgIpc) is 2.79. The Labute approximate surface area is 215 Å². The maximum atomic E-state index is 12.5. The van der Waals surface area contributed by atoms with Gasteiger partial charge in [0.15, 0.2) is 34.4 Å². The molecule has 3 rings (SSSR count). The van der Waals surface area contributed by atoms with Crippen molar-refractivity contribution in [1.29, 1.82) is 0 Å². The predicted molar refractivity (Wildman–Crippen MR) is 140 cm³/mol. The van der Waals surface area contributed by atoms with E-state index >= 15 is 0 Å². The normalized spacial score (nSPS) is 18.5. The van der Waals surface area contributed by atoms with E-state index in [1.54, 1.807) is 0 Å².